The molecule has 0 saturated heterocycles. The lowest BCUT2D eigenvalue weighted by molar-refractivity contribution is 0.229. The summed E-state index contributed by atoms with van der Waals surface area (Å²) in [6, 6.07) is 10.7. The number of imidazole rings is 1. The van der Waals surface area contributed by atoms with Gasteiger partial charge in [-0.2, -0.15) is 0 Å². The molecule has 1 aromatic carbocycles. The quantitative estimate of drug-likeness (QED) is 0.807. The van der Waals surface area contributed by atoms with Crippen molar-refractivity contribution >= 4 is 11.3 Å². The zero-order valence-corrected chi connectivity index (χ0v) is 13.3. The van der Waals surface area contributed by atoms with Crippen LogP contribution in [0.25, 0.3) is 0 Å². The Morgan fingerprint density at radius 3 is 2.91 bits per heavy atom. The van der Waals surface area contributed by atoms with Gasteiger partial charge in [0, 0.05) is 30.4 Å². The van der Waals surface area contributed by atoms with Gasteiger partial charge in [0.05, 0.1) is 28.9 Å². The van der Waals surface area contributed by atoms with Gasteiger partial charge in [-0.15, -0.1) is 11.3 Å². The minimum Gasteiger partial charge on any atom is -0.347 e. The fourth-order valence-electron chi connectivity index (χ4n) is 3.14. The van der Waals surface area contributed by atoms with Gasteiger partial charge >= 0.3 is 0 Å². The Morgan fingerprint density at radius 1 is 1.27 bits per heavy atom. The van der Waals surface area contributed by atoms with Gasteiger partial charge in [-0.05, 0) is 12.5 Å². The maximum atomic E-state index is 4.57. The van der Waals surface area contributed by atoms with Crippen LogP contribution in [0.2, 0.25) is 0 Å². The molecule has 0 fully saturated rings. The van der Waals surface area contributed by atoms with E-state index < -0.39 is 0 Å². The highest BCUT2D eigenvalue weighted by atomic mass is 32.1. The van der Waals surface area contributed by atoms with Crippen molar-refractivity contribution in [2.24, 2.45) is 0 Å². The first-order valence-corrected chi connectivity index (χ1v) is 8.37. The molecule has 1 unspecified atom stereocenters. The molecule has 1 N–H and O–H groups in total. The summed E-state index contributed by atoms with van der Waals surface area (Å²) in [6.45, 7) is 4.97. The van der Waals surface area contributed by atoms with E-state index in [-0.39, 0.29) is 0 Å². The first kappa shape index (κ1) is 13.7. The van der Waals surface area contributed by atoms with Crippen LogP contribution in [-0.2, 0) is 13.1 Å². The van der Waals surface area contributed by atoms with Gasteiger partial charge in [0.1, 0.15) is 0 Å². The Morgan fingerprint density at radius 2 is 2.14 bits per heavy atom. The molecule has 4 rings (SSSR count). The molecule has 0 radical (unpaired) electrons. The number of thiazole rings is 1. The van der Waals surface area contributed by atoms with Crippen molar-refractivity contribution in [1.29, 1.82) is 0 Å². The van der Waals surface area contributed by atoms with E-state index >= 15 is 0 Å². The number of hydrogen-bond acceptors (Lipinski definition) is 4. The zero-order valence-electron chi connectivity index (χ0n) is 12.5. The van der Waals surface area contributed by atoms with Gasteiger partial charge in [-0.3, -0.25) is 4.90 Å². The van der Waals surface area contributed by atoms with Gasteiger partial charge in [-0.25, -0.2) is 9.97 Å². The van der Waals surface area contributed by atoms with Gasteiger partial charge in [0.15, 0.2) is 0 Å². The van der Waals surface area contributed by atoms with Gasteiger partial charge < -0.3 is 4.98 Å². The summed E-state index contributed by atoms with van der Waals surface area (Å²) in [5.41, 5.74) is 6.86. The van der Waals surface area contributed by atoms with Gasteiger partial charge in [-0.1, -0.05) is 30.3 Å². The standard InChI is InChI=1S/C17H18N4S/c1-12-16(22-11-20-12)9-21-7-14(13-5-3-2-4-6-13)17-15(8-21)18-10-19-17/h2-6,10-11,14H,7-9H2,1H3,(H,18,19). The number of nitrogens with zero attached hydrogens (tertiary/aromatic N) is 3. The topological polar surface area (TPSA) is 44.8 Å². The molecule has 112 valence electrons. The number of rotatable bonds is 3. The van der Waals surface area contributed by atoms with Crippen LogP contribution in [0.15, 0.2) is 42.2 Å². The van der Waals surface area contributed by atoms with Crippen molar-refractivity contribution in [1.82, 2.24) is 19.9 Å². The summed E-state index contributed by atoms with van der Waals surface area (Å²) < 4.78 is 0. The minimum atomic E-state index is 0.337. The molecule has 2 aromatic heterocycles. The Kier molecular flexibility index (Phi) is 3.52. The van der Waals surface area contributed by atoms with Gasteiger partial charge in [0.25, 0.3) is 0 Å². The summed E-state index contributed by atoms with van der Waals surface area (Å²) in [5, 5.41) is 0. The van der Waals surface area contributed by atoms with Crippen molar-refractivity contribution in [3.8, 4) is 0 Å². The molecule has 0 saturated carbocycles. The lowest BCUT2D eigenvalue weighted by Gasteiger charge is -2.32. The van der Waals surface area contributed by atoms with Crippen molar-refractivity contribution in [2.45, 2.75) is 25.9 Å². The third-order valence-electron chi connectivity index (χ3n) is 4.32. The van der Waals surface area contributed by atoms with E-state index in [1.807, 2.05) is 11.8 Å². The second kappa shape index (κ2) is 5.66. The lowest BCUT2D eigenvalue weighted by atomic mass is 9.91. The third kappa shape index (κ3) is 2.46. The van der Waals surface area contributed by atoms with Crippen LogP contribution in [0, 0.1) is 6.92 Å². The molecule has 3 aromatic rings. The maximum absolute atomic E-state index is 4.57. The molecule has 4 nitrogen and oxygen atoms in total. The molecule has 0 spiro atoms. The number of aromatic nitrogens is 3. The van der Waals surface area contributed by atoms with Crippen molar-refractivity contribution in [3.05, 3.63) is 69.7 Å². The molecule has 22 heavy (non-hydrogen) atoms. The molecule has 1 aliphatic rings. The predicted molar refractivity (Wildman–Crippen MR) is 87.8 cm³/mol. The van der Waals surface area contributed by atoms with Crippen LogP contribution in [0.1, 0.15) is 33.4 Å². The summed E-state index contributed by atoms with van der Waals surface area (Å²) >= 11 is 1.74. The maximum Gasteiger partial charge on any atom is 0.0925 e. The fourth-order valence-corrected chi connectivity index (χ4v) is 3.96. The molecular formula is C17H18N4S. The van der Waals surface area contributed by atoms with E-state index in [1.165, 1.54) is 21.8 Å². The number of aromatic amines is 1. The van der Waals surface area contributed by atoms with Crippen LogP contribution in [-0.4, -0.2) is 26.4 Å². The Balaban J connectivity index is 1.64. The fraction of sp³-hybridized carbons (Fsp3) is 0.294. The molecular weight excluding hydrogens is 292 g/mol. The largest absolute Gasteiger partial charge is 0.347 e. The summed E-state index contributed by atoms with van der Waals surface area (Å²) in [6.07, 6.45) is 1.82. The van der Waals surface area contributed by atoms with E-state index in [4.69, 9.17) is 0 Å². The minimum absolute atomic E-state index is 0.337. The normalized spacial score (nSPS) is 18.3. The highest BCUT2D eigenvalue weighted by molar-refractivity contribution is 7.09. The number of H-pyrrole nitrogens is 1. The first-order valence-electron chi connectivity index (χ1n) is 7.49. The van der Waals surface area contributed by atoms with Crippen LogP contribution >= 0.6 is 11.3 Å². The van der Waals surface area contributed by atoms with Crippen molar-refractivity contribution < 1.29 is 0 Å². The lowest BCUT2D eigenvalue weighted by Crippen LogP contribution is -2.33. The van der Waals surface area contributed by atoms with Crippen LogP contribution in [0.3, 0.4) is 0 Å². The second-order valence-corrected chi connectivity index (χ2v) is 6.70. The zero-order chi connectivity index (χ0) is 14.9. The molecule has 5 heteroatoms. The van der Waals surface area contributed by atoms with Crippen molar-refractivity contribution in [2.75, 3.05) is 6.54 Å². The molecule has 3 heterocycles. The van der Waals surface area contributed by atoms with Crippen LogP contribution in [0.5, 0.6) is 0 Å². The number of fused-ring (bicyclic) bond motifs is 1. The molecule has 1 aliphatic heterocycles. The predicted octanol–water partition coefficient (Wildman–Crippen LogP) is 3.32. The summed E-state index contributed by atoms with van der Waals surface area (Å²) in [7, 11) is 0. The number of aryl methyl sites for hydroxylation is 1. The average Bonchev–Trinajstić information content (AvgIpc) is 3.17. The second-order valence-electron chi connectivity index (χ2n) is 5.76. The molecule has 1 atom stereocenters. The number of nitrogens with one attached hydrogen (secondary N) is 1. The summed E-state index contributed by atoms with van der Waals surface area (Å²) in [4.78, 5) is 16.1. The molecule has 0 amide bonds. The van der Waals surface area contributed by atoms with Crippen molar-refractivity contribution in [3.63, 3.8) is 0 Å². The first-order chi connectivity index (χ1) is 10.8. The highest BCUT2D eigenvalue weighted by Crippen LogP contribution is 2.32. The van der Waals surface area contributed by atoms with Crippen LogP contribution < -0.4 is 0 Å². The molecule has 0 bridgehead atoms. The van der Waals surface area contributed by atoms with Gasteiger partial charge in [0.2, 0.25) is 0 Å². The van der Waals surface area contributed by atoms with E-state index in [1.54, 1.807) is 11.3 Å². The molecule has 0 aliphatic carbocycles. The Hall–Kier alpha value is -1.98. The number of benzene rings is 1. The van der Waals surface area contributed by atoms with Crippen LogP contribution in [0.4, 0.5) is 0 Å². The highest BCUT2D eigenvalue weighted by Gasteiger charge is 2.29. The smallest absolute Gasteiger partial charge is 0.0925 e. The third-order valence-corrected chi connectivity index (χ3v) is 5.24. The SMILES string of the molecule is Cc1ncsc1CN1Cc2[nH]cnc2C(c2ccccc2)C1. The number of hydrogen-bond donors (Lipinski definition) is 1. The summed E-state index contributed by atoms with van der Waals surface area (Å²) in [5.74, 6) is 0.337. The Bertz CT molecular complexity index is 762. The average molecular weight is 310 g/mol. The van der Waals surface area contributed by atoms with E-state index in [2.05, 4.69) is 57.1 Å². The Labute approximate surface area is 133 Å². The van der Waals surface area contributed by atoms with E-state index in [9.17, 15) is 0 Å². The van der Waals surface area contributed by atoms with E-state index in [0.717, 1.165) is 25.3 Å². The monoisotopic (exact) mass is 310 g/mol. The van der Waals surface area contributed by atoms with E-state index in [0.29, 0.717) is 5.92 Å².